The molecule has 0 amide bonds. The Morgan fingerprint density at radius 1 is 1.17 bits per heavy atom. The maximum absolute atomic E-state index is 12.2. The third-order valence-electron chi connectivity index (χ3n) is 3.24. The number of hydrogen-bond donors (Lipinski definition) is 1. The molecule has 0 atom stereocenters. The number of nitrogens with one attached hydrogen (secondary N) is 1. The third kappa shape index (κ3) is 4.05. The van der Waals surface area contributed by atoms with E-state index in [9.17, 15) is 18.5 Å². The number of benzene rings is 2. The lowest BCUT2D eigenvalue weighted by Gasteiger charge is -2.08. The first kappa shape index (κ1) is 16.9. The zero-order valence-electron chi connectivity index (χ0n) is 12.6. The van der Waals surface area contributed by atoms with Gasteiger partial charge in [-0.15, -0.1) is 0 Å². The second-order valence-corrected chi connectivity index (χ2v) is 6.67. The van der Waals surface area contributed by atoms with Crippen LogP contribution < -0.4 is 9.46 Å². The molecule has 0 saturated carbocycles. The summed E-state index contributed by atoms with van der Waals surface area (Å²) in [6.45, 7) is 1.81. The van der Waals surface area contributed by atoms with E-state index in [0.29, 0.717) is 5.56 Å². The van der Waals surface area contributed by atoms with Crippen molar-refractivity contribution in [3.05, 3.63) is 63.7 Å². The van der Waals surface area contributed by atoms with E-state index in [1.54, 1.807) is 18.2 Å². The number of nitro benzene ring substituents is 1. The molecule has 8 heteroatoms. The summed E-state index contributed by atoms with van der Waals surface area (Å²) < 4.78 is 31.7. The monoisotopic (exact) mass is 336 g/mol. The molecule has 0 aliphatic rings. The molecular formula is C15H16N2O5S. The summed E-state index contributed by atoms with van der Waals surface area (Å²) in [5.74, 6) is 0.125. The number of sulfonamides is 1. The van der Waals surface area contributed by atoms with Gasteiger partial charge < -0.3 is 4.74 Å². The third-order valence-corrected chi connectivity index (χ3v) is 4.65. The SMILES string of the molecule is COc1ccc(CNS(=O)(=O)c2ccc(C)cc2)cc1[N+](=O)[O-]. The Labute approximate surface area is 134 Å². The topological polar surface area (TPSA) is 98.5 Å². The molecule has 1 N–H and O–H groups in total. The van der Waals surface area contributed by atoms with Crippen molar-refractivity contribution in [3.63, 3.8) is 0 Å². The van der Waals surface area contributed by atoms with E-state index in [4.69, 9.17) is 4.74 Å². The van der Waals surface area contributed by atoms with Crippen LogP contribution in [0.25, 0.3) is 0 Å². The van der Waals surface area contributed by atoms with Crippen molar-refractivity contribution >= 4 is 15.7 Å². The highest BCUT2D eigenvalue weighted by Crippen LogP contribution is 2.27. The van der Waals surface area contributed by atoms with E-state index in [2.05, 4.69) is 4.72 Å². The standard InChI is InChI=1S/C15H16N2O5S/c1-11-3-6-13(7-4-11)23(20,21)16-10-12-5-8-15(22-2)14(9-12)17(18)19/h3-9,16H,10H2,1-2H3. The molecule has 0 heterocycles. The predicted octanol–water partition coefficient (Wildman–Crippen LogP) is 2.39. The average Bonchev–Trinajstić information content (AvgIpc) is 2.53. The molecule has 0 saturated heterocycles. The number of rotatable bonds is 6. The quantitative estimate of drug-likeness (QED) is 0.645. The summed E-state index contributed by atoms with van der Waals surface area (Å²) in [7, 11) is -2.34. The van der Waals surface area contributed by atoms with Crippen LogP contribution in [0.1, 0.15) is 11.1 Å². The first-order valence-electron chi connectivity index (χ1n) is 6.71. The number of hydrogen-bond acceptors (Lipinski definition) is 5. The van der Waals surface area contributed by atoms with Crippen LogP contribution in [0.4, 0.5) is 5.69 Å². The van der Waals surface area contributed by atoms with Crippen molar-refractivity contribution < 1.29 is 18.1 Å². The van der Waals surface area contributed by atoms with Gasteiger partial charge >= 0.3 is 5.69 Å². The Hall–Kier alpha value is -2.45. The smallest absolute Gasteiger partial charge is 0.311 e. The molecule has 0 aliphatic carbocycles. The molecule has 7 nitrogen and oxygen atoms in total. The van der Waals surface area contributed by atoms with Crippen molar-refractivity contribution in [1.29, 1.82) is 0 Å². The second-order valence-electron chi connectivity index (χ2n) is 4.90. The molecule has 2 aromatic carbocycles. The zero-order chi connectivity index (χ0) is 17.0. The highest BCUT2D eigenvalue weighted by atomic mass is 32.2. The van der Waals surface area contributed by atoms with E-state index in [1.807, 2.05) is 6.92 Å². The summed E-state index contributed by atoms with van der Waals surface area (Å²) in [5.41, 5.74) is 1.21. The Balaban J connectivity index is 2.18. The largest absolute Gasteiger partial charge is 0.490 e. The molecule has 0 bridgehead atoms. The maximum Gasteiger partial charge on any atom is 0.311 e. The Bertz CT molecular complexity index is 816. The second kappa shape index (κ2) is 6.76. The average molecular weight is 336 g/mol. The molecule has 0 aliphatic heterocycles. The first-order valence-corrected chi connectivity index (χ1v) is 8.19. The molecule has 0 fully saturated rings. The van der Waals surface area contributed by atoms with Crippen molar-refractivity contribution in [2.24, 2.45) is 0 Å². The fourth-order valence-electron chi connectivity index (χ4n) is 1.97. The fourth-order valence-corrected chi connectivity index (χ4v) is 2.99. The fraction of sp³-hybridized carbons (Fsp3) is 0.200. The first-order chi connectivity index (χ1) is 10.8. The minimum atomic E-state index is -3.68. The number of aryl methyl sites for hydroxylation is 1. The molecule has 0 spiro atoms. The lowest BCUT2D eigenvalue weighted by Crippen LogP contribution is -2.23. The molecule has 2 aromatic rings. The van der Waals surface area contributed by atoms with Crippen molar-refractivity contribution in [3.8, 4) is 5.75 Å². The summed E-state index contributed by atoms with van der Waals surface area (Å²) in [4.78, 5) is 10.5. The molecule has 2 rings (SSSR count). The van der Waals surface area contributed by atoms with E-state index >= 15 is 0 Å². The van der Waals surface area contributed by atoms with Gasteiger partial charge in [-0.3, -0.25) is 10.1 Å². The van der Waals surface area contributed by atoms with Crippen LogP contribution in [0, 0.1) is 17.0 Å². The zero-order valence-corrected chi connectivity index (χ0v) is 13.5. The van der Waals surface area contributed by atoms with Crippen LogP contribution in [0.15, 0.2) is 47.4 Å². The lowest BCUT2D eigenvalue weighted by atomic mass is 10.2. The number of nitro groups is 1. The van der Waals surface area contributed by atoms with E-state index in [-0.39, 0.29) is 22.9 Å². The van der Waals surface area contributed by atoms with E-state index in [1.165, 1.54) is 31.4 Å². The van der Waals surface area contributed by atoms with Gasteiger partial charge in [-0.25, -0.2) is 13.1 Å². The van der Waals surface area contributed by atoms with Crippen LogP contribution in [0.2, 0.25) is 0 Å². The number of ether oxygens (including phenoxy) is 1. The predicted molar refractivity (Wildman–Crippen MR) is 84.9 cm³/mol. The summed E-state index contributed by atoms with van der Waals surface area (Å²) in [6, 6.07) is 10.7. The van der Waals surface area contributed by atoms with Crippen LogP contribution >= 0.6 is 0 Å². The van der Waals surface area contributed by atoms with Crippen LogP contribution in [-0.2, 0) is 16.6 Å². The number of nitrogens with zero attached hydrogens (tertiary/aromatic N) is 1. The van der Waals surface area contributed by atoms with Gasteiger partial charge in [0.2, 0.25) is 10.0 Å². The van der Waals surface area contributed by atoms with Gasteiger partial charge in [0.15, 0.2) is 5.75 Å². The lowest BCUT2D eigenvalue weighted by molar-refractivity contribution is -0.385. The molecule has 0 radical (unpaired) electrons. The summed E-state index contributed by atoms with van der Waals surface area (Å²) in [5, 5.41) is 11.0. The highest BCUT2D eigenvalue weighted by molar-refractivity contribution is 7.89. The molecule has 0 unspecified atom stereocenters. The van der Waals surface area contributed by atoms with E-state index in [0.717, 1.165) is 5.56 Å². The van der Waals surface area contributed by atoms with Gasteiger partial charge in [-0.1, -0.05) is 23.8 Å². The van der Waals surface area contributed by atoms with Crippen molar-refractivity contribution in [2.75, 3.05) is 7.11 Å². The highest BCUT2D eigenvalue weighted by Gasteiger charge is 2.17. The Morgan fingerprint density at radius 2 is 1.83 bits per heavy atom. The Morgan fingerprint density at radius 3 is 2.39 bits per heavy atom. The minimum absolute atomic E-state index is 0.0545. The van der Waals surface area contributed by atoms with E-state index < -0.39 is 14.9 Å². The summed E-state index contributed by atoms with van der Waals surface area (Å²) >= 11 is 0. The van der Waals surface area contributed by atoms with Crippen LogP contribution in [0.3, 0.4) is 0 Å². The van der Waals surface area contributed by atoms with Gasteiger partial charge in [-0.2, -0.15) is 0 Å². The Kier molecular flexibility index (Phi) is 4.97. The maximum atomic E-state index is 12.2. The van der Waals surface area contributed by atoms with Crippen molar-refractivity contribution in [2.45, 2.75) is 18.4 Å². The number of methoxy groups -OCH3 is 1. The molecule has 23 heavy (non-hydrogen) atoms. The van der Waals surface area contributed by atoms with Gasteiger partial charge in [0.25, 0.3) is 0 Å². The van der Waals surface area contributed by atoms with Gasteiger partial charge in [0.05, 0.1) is 16.9 Å². The van der Waals surface area contributed by atoms with Gasteiger partial charge in [0, 0.05) is 12.6 Å². The minimum Gasteiger partial charge on any atom is -0.490 e. The normalized spacial score (nSPS) is 11.2. The summed E-state index contributed by atoms with van der Waals surface area (Å²) in [6.07, 6.45) is 0. The molecule has 0 aromatic heterocycles. The van der Waals surface area contributed by atoms with Crippen molar-refractivity contribution in [1.82, 2.24) is 4.72 Å². The van der Waals surface area contributed by atoms with Crippen LogP contribution in [-0.4, -0.2) is 20.5 Å². The van der Waals surface area contributed by atoms with Gasteiger partial charge in [0.1, 0.15) is 0 Å². The molecule has 122 valence electrons. The van der Waals surface area contributed by atoms with Crippen LogP contribution in [0.5, 0.6) is 5.75 Å². The van der Waals surface area contributed by atoms with Gasteiger partial charge in [-0.05, 0) is 30.7 Å². The molecular weight excluding hydrogens is 320 g/mol.